The Hall–Kier alpha value is -3.32. The number of carbonyl (C=O) groups excluding carboxylic acids is 1. The number of amides is 2. The fourth-order valence-corrected chi connectivity index (χ4v) is 4.23. The van der Waals surface area contributed by atoms with Gasteiger partial charge in [-0.3, -0.25) is 4.79 Å². The second-order valence-electron chi connectivity index (χ2n) is 8.31. The van der Waals surface area contributed by atoms with Crippen LogP contribution in [0.15, 0.2) is 47.3 Å². The Morgan fingerprint density at radius 2 is 2.06 bits per heavy atom. The molecule has 2 amide bonds. The lowest BCUT2D eigenvalue weighted by Crippen LogP contribution is -2.40. The van der Waals surface area contributed by atoms with Crippen LogP contribution in [0, 0.1) is 13.8 Å². The summed E-state index contributed by atoms with van der Waals surface area (Å²) in [6, 6.07) is 12.9. The van der Waals surface area contributed by atoms with Gasteiger partial charge in [0.1, 0.15) is 5.75 Å². The molecule has 0 spiro atoms. The highest BCUT2D eigenvalue weighted by atomic mass is 16.5. The molecule has 1 atom stereocenters. The van der Waals surface area contributed by atoms with E-state index in [9.17, 15) is 9.59 Å². The highest BCUT2D eigenvalue weighted by Gasteiger charge is 2.24. The number of nitrogens with one attached hydrogen (secondary N) is 2. The van der Waals surface area contributed by atoms with Crippen molar-refractivity contribution in [1.29, 1.82) is 0 Å². The number of fused-ring (bicyclic) bond motifs is 1. The van der Waals surface area contributed by atoms with Crippen molar-refractivity contribution in [2.24, 2.45) is 0 Å². The minimum Gasteiger partial charge on any atom is -0.495 e. The Morgan fingerprint density at radius 1 is 1.25 bits per heavy atom. The van der Waals surface area contributed by atoms with Crippen molar-refractivity contribution in [1.82, 2.24) is 9.88 Å². The number of aromatic amines is 1. The molecule has 0 bridgehead atoms. The molecule has 0 saturated carbocycles. The van der Waals surface area contributed by atoms with E-state index in [2.05, 4.69) is 16.4 Å². The lowest BCUT2D eigenvalue weighted by molar-refractivity contribution is 0.0818. The lowest BCUT2D eigenvalue weighted by Gasteiger charge is -2.26. The standard InChI is InChI=1S/C25H29N3O4/c1-16-11-17(2)20-13-18(24(29)26-22(20)12-16)14-28(15-19-7-6-10-32-19)25(30)27-21-8-4-5-9-23(21)31-3/h4-5,8-9,11-13,19H,6-7,10,14-15H2,1-3H3,(H,26,29)(H,27,30). The quantitative estimate of drug-likeness (QED) is 0.602. The molecule has 1 saturated heterocycles. The van der Waals surface area contributed by atoms with Gasteiger partial charge in [0.05, 0.1) is 25.4 Å². The predicted molar refractivity (Wildman–Crippen MR) is 125 cm³/mol. The molecule has 168 valence electrons. The SMILES string of the molecule is COc1ccccc1NC(=O)N(Cc1cc2c(C)cc(C)cc2[nH]c1=O)CC1CCCO1. The summed E-state index contributed by atoms with van der Waals surface area (Å²) in [7, 11) is 1.56. The summed E-state index contributed by atoms with van der Waals surface area (Å²) >= 11 is 0. The van der Waals surface area contributed by atoms with Gasteiger partial charge in [0.15, 0.2) is 0 Å². The zero-order valence-corrected chi connectivity index (χ0v) is 18.7. The van der Waals surface area contributed by atoms with Gasteiger partial charge in [0.25, 0.3) is 5.56 Å². The van der Waals surface area contributed by atoms with Gasteiger partial charge < -0.3 is 24.7 Å². The number of aryl methyl sites for hydroxylation is 2. The third-order valence-corrected chi connectivity index (χ3v) is 5.83. The number of benzene rings is 2. The molecule has 1 aromatic heterocycles. The molecular formula is C25H29N3O4. The third kappa shape index (κ3) is 4.78. The fourth-order valence-electron chi connectivity index (χ4n) is 4.23. The van der Waals surface area contributed by atoms with Crippen LogP contribution < -0.4 is 15.6 Å². The summed E-state index contributed by atoms with van der Waals surface area (Å²) in [6.45, 7) is 5.31. The zero-order chi connectivity index (χ0) is 22.7. The number of urea groups is 1. The van der Waals surface area contributed by atoms with E-state index in [0.29, 0.717) is 30.2 Å². The topological polar surface area (TPSA) is 83.7 Å². The Balaban J connectivity index is 1.64. The molecule has 3 aromatic rings. The van der Waals surface area contributed by atoms with Crippen LogP contribution in [-0.4, -0.2) is 42.3 Å². The van der Waals surface area contributed by atoms with E-state index in [4.69, 9.17) is 9.47 Å². The van der Waals surface area contributed by atoms with Gasteiger partial charge in [-0.25, -0.2) is 4.79 Å². The first-order valence-electron chi connectivity index (χ1n) is 10.9. The van der Waals surface area contributed by atoms with E-state index in [1.54, 1.807) is 24.1 Å². The number of hydrogen-bond donors (Lipinski definition) is 2. The Labute approximate surface area is 187 Å². The van der Waals surface area contributed by atoms with Crippen LogP contribution in [0.5, 0.6) is 5.75 Å². The molecular weight excluding hydrogens is 406 g/mol. The number of nitrogens with zero attached hydrogens (tertiary/aromatic N) is 1. The van der Waals surface area contributed by atoms with Gasteiger partial charge >= 0.3 is 6.03 Å². The average molecular weight is 436 g/mol. The molecule has 1 aliphatic rings. The summed E-state index contributed by atoms with van der Waals surface area (Å²) in [5.74, 6) is 0.576. The zero-order valence-electron chi connectivity index (χ0n) is 18.7. The molecule has 0 radical (unpaired) electrons. The van der Waals surface area contributed by atoms with E-state index in [1.165, 1.54) is 0 Å². The van der Waals surface area contributed by atoms with Gasteiger partial charge in [-0.15, -0.1) is 0 Å². The number of pyridine rings is 1. The highest BCUT2D eigenvalue weighted by Crippen LogP contribution is 2.25. The van der Waals surface area contributed by atoms with E-state index in [-0.39, 0.29) is 24.2 Å². The van der Waals surface area contributed by atoms with Crippen molar-refractivity contribution in [3.63, 3.8) is 0 Å². The van der Waals surface area contributed by atoms with Crippen LogP contribution >= 0.6 is 0 Å². The van der Waals surface area contributed by atoms with E-state index >= 15 is 0 Å². The molecule has 0 aliphatic carbocycles. The maximum atomic E-state index is 13.3. The predicted octanol–water partition coefficient (Wildman–Crippen LogP) is 4.37. The molecule has 2 aromatic carbocycles. The maximum Gasteiger partial charge on any atom is 0.322 e. The number of carbonyl (C=O) groups is 1. The minimum atomic E-state index is -0.301. The third-order valence-electron chi connectivity index (χ3n) is 5.83. The summed E-state index contributed by atoms with van der Waals surface area (Å²) in [5, 5.41) is 3.90. The smallest absolute Gasteiger partial charge is 0.322 e. The fraction of sp³-hybridized carbons (Fsp3) is 0.360. The Bertz CT molecular complexity index is 1180. The van der Waals surface area contributed by atoms with Crippen LogP contribution in [0.3, 0.4) is 0 Å². The van der Waals surface area contributed by atoms with Gasteiger partial charge in [-0.2, -0.15) is 0 Å². The van der Waals surface area contributed by atoms with Gasteiger partial charge in [-0.05, 0) is 62.1 Å². The molecule has 2 N–H and O–H groups in total. The number of H-pyrrole nitrogens is 1. The number of ether oxygens (including phenoxy) is 2. The summed E-state index contributed by atoms with van der Waals surface area (Å²) in [6.07, 6.45) is 1.83. The number of aromatic nitrogens is 1. The second-order valence-corrected chi connectivity index (χ2v) is 8.31. The van der Waals surface area contributed by atoms with E-state index < -0.39 is 0 Å². The Morgan fingerprint density at radius 3 is 2.81 bits per heavy atom. The molecule has 1 aliphatic heterocycles. The first-order chi connectivity index (χ1) is 15.4. The van der Waals surface area contributed by atoms with Crippen LogP contribution in [-0.2, 0) is 11.3 Å². The van der Waals surface area contributed by atoms with E-state index in [1.807, 2.05) is 38.1 Å². The normalized spacial score (nSPS) is 15.7. The molecule has 32 heavy (non-hydrogen) atoms. The largest absolute Gasteiger partial charge is 0.495 e. The van der Waals surface area contributed by atoms with Crippen molar-refractivity contribution in [2.45, 2.75) is 39.3 Å². The lowest BCUT2D eigenvalue weighted by atomic mass is 10.0. The van der Waals surface area contributed by atoms with Gasteiger partial charge in [0.2, 0.25) is 0 Å². The average Bonchev–Trinajstić information content (AvgIpc) is 3.27. The van der Waals surface area contributed by atoms with Gasteiger partial charge in [0, 0.05) is 29.6 Å². The van der Waals surface area contributed by atoms with E-state index in [0.717, 1.165) is 34.9 Å². The number of rotatable bonds is 6. The summed E-state index contributed by atoms with van der Waals surface area (Å²) < 4.78 is 11.1. The van der Waals surface area contributed by atoms with Crippen molar-refractivity contribution in [3.05, 3.63) is 69.5 Å². The monoisotopic (exact) mass is 435 g/mol. The number of para-hydroxylation sites is 2. The molecule has 7 nitrogen and oxygen atoms in total. The molecule has 1 unspecified atom stereocenters. The van der Waals surface area contributed by atoms with Crippen molar-refractivity contribution >= 4 is 22.6 Å². The number of hydrogen-bond acceptors (Lipinski definition) is 4. The van der Waals surface area contributed by atoms with Gasteiger partial charge in [-0.1, -0.05) is 18.2 Å². The van der Waals surface area contributed by atoms with Crippen LogP contribution in [0.25, 0.3) is 10.9 Å². The minimum absolute atomic E-state index is 0.0395. The van der Waals surface area contributed by atoms with Crippen molar-refractivity contribution < 1.29 is 14.3 Å². The summed E-state index contributed by atoms with van der Waals surface area (Å²) in [5.41, 5.74) is 3.91. The van der Waals surface area contributed by atoms with Crippen LogP contribution in [0.2, 0.25) is 0 Å². The second kappa shape index (κ2) is 9.44. The first-order valence-corrected chi connectivity index (χ1v) is 10.9. The number of anilines is 1. The van der Waals surface area contributed by atoms with Crippen LogP contribution in [0.4, 0.5) is 10.5 Å². The first kappa shape index (κ1) is 21.9. The highest BCUT2D eigenvalue weighted by molar-refractivity contribution is 5.91. The maximum absolute atomic E-state index is 13.3. The van der Waals surface area contributed by atoms with Crippen molar-refractivity contribution in [3.8, 4) is 5.75 Å². The van der Waals surface area contributed by atoms with Crippen molar-refractivity contribution in [2.75, 3.05) is 25.6 Å². The van der Waals surface area contributed by atoms with Crippen LogP contribution in [0.1, 0.15) is 29.5 Å². The molecule has 1 fully saturated rings. The molecule has 4 rings (SSSR count). The number of methoxy groups -OCH3 is 1. The Kier molecular flexibility index (Phi) is 6.46. The summed E-state index contributed by atoms with van der Waals surface area (Å²) in [4.78, 5) is 30.7. The molecule has 2 heterocycles. The molecule has 7 heteroatoms.